The molecule has 0 aliphatic heterocycles. The van der Waals surface area contributed by atoms with Gasteiger partial charge in [0.15, 0.2) is 6.61 Å². The number of carbonyl (C=O) groups excluding carboxylic acids is 1. The van der Waals surface area contributed by atoms with Gasteiger partial charge in [-0.15, -0.1) is 0 Å². The van der Waals surface area contributed by atoms with Crippen LogP contribution in [0, 0.1) is 0 Å². The summed E-state index contributed by atoms with van der Waals surface area (Å²) in [6.07, 6.45) is 7.83. The summed E-state index contributed by atoms with van der Waals surface area (Å²) >= 11 is 0. The van der Waals surface area contributed by atoms with Gasteiger partial charge >= 0.3 is 0 Å². The van der Waals surface area contributed by atoms with Crippen LogP contribution in [0.5, 0.6) is 11.5 Å². The molecular formula is C23H27NO3. The van der Waals surface area contributed by atoms with Gasteiger partial charge in [-0.3, -0.25) is 4.79 Å². The van der Waals surface area contributed by atoms with Gasteiger partial charge in [0, 0.05) is 0 Å². The lowest BCUT2D eigenvalue weighted by Gasteiger charge is -2.27. The molecule has 0 radical (unpaired) electrons. The largest absolute Gasteiger partial charge is 0.497 e. The van der Waals surface area contributed by atoms with Gasteiger partial charge < -0.3 is 14.8 Å². The Bertz CT molecular complexity index is 830. The summed E-state index contributed by atoms with van der Waals surface area (Å²) in [5.74, 6) is 1.59. The Hall–Kier alpha value is -2.49. The molecule has 4 heteroatoms. The molecule has 1 amide bonds. The molecule has 1 N–H and O–H groups in total. The lowest BCUT2D eigenvalue weighted by molar-refractivity contribution is -0.123. The van der Waals surface area contributed by atoms with E-state index in [2.05, 4.69) is 29.6 Å². The Labute approximate surface area is 160 Å². The number of hydrogen-bond donors (Lipinski definition) is 1. The predicted molar refractivity (Wildman–Crippen MR) is 105 cm³/mol. The van der Waals surface area contributed by atoms with Crippen molar-refractivity contribution in [2.75, 3.05) is 13.7 Å². The molecule has 1 atom stereocenters. The quantitative estimate of drug-likeness (QED) is 0.866. The van der Waals surface area contributed by atoms with Crippen LogP contribution in [0.4, 0.5) is 0 Å². The molecule has 0 bridgehead atoms. The number of rotatable bonds is 5. The zero-order valence-corrected chi connectivity index (χ0v) is 15.9. The number of nitrogens with one attached hydrogen (secondary N) is 1. The van der Waals surface area contributed by atoms with Crippen molar-refractivity contribution >= 4 is 5.91 Å². The first kappa shape index (κ1) is 17.9. The highest BCUT2D eigenvalue weighted by Crippen LogP contribution is 2.32. The fourth-order valence-corrected chi connectivity index (χ4v) is 4.25. The van der Waals surface area contributed by atoms with Crippen molar-refractivity contribution in [2.45, 2.75) is 51.0 Å². The van der Waals surface area contributed by atoms with Crippen LogP contribution >= 0.6 is 0 Å². The standard InChI is InChI=1S/C23H27NO3/c1-26-19-11-12-21-18(14-19)7-4-8-22(21)24-23(25)15-27-20-10-9-16-5-2-3-6-17(16)13-20/h9-14,22H,2-8,15H2,1H3,(H,24,25)/t22-/m1/s1. The molecule has 0 heterocycles. The average Bonchev–Trinajstić information content (AvgIpc) is 2.72. The van der Waals surface area contributed by atoms with Crippen molar-refractivity contribution in [1.82, 2.24) is 5.32 Å². The number of benzene rings is 2. The number of hydrogen-bond acceptors (Lipinski definition) is 3. The fourth-order valence-electron chi connectivity index (χ4n) is 4.25. The predicted octanol–water partition coefficient (Wildman–Crippen LogP) is 4.15. The minimum absolute atomic E-state index is 0.0549. The van der Waals surface area contributed by atoms with Crippen molar-refractivity contribution in [1.29, 1.82) is 0 Å². The first-order valence-electron chi connectivity index (χ1n) is 9.94. The first-order valence-corrected chi connectivity index (χ1v) is 9.94. The lowest BCUT2D eigenvalue weighted by Crippen LogP contribution is -2.34. The zero-order valence-electron chi connectivity index (χ0n) is 15.9. The number of fused-ring (bicyclic) bond motifs is 2. The van der Waals surface area contributed by atoms with Crippen LogP contribution in [0.3, 0.4) is 0 Å². The molecule has 0 saturated carbocycles. The number of methoxy groups -OCH3 is 1. The van der Waals surface area contributed by atoms with Crippen molar-refractivity contribution < 1.29 is 14.3 Å². The van der Waals surface area contributed by atoms with Gasteiger partial charge in [-0.05, 0) is 91.5 Å². The van der Waals surface area contributed by atoms with E-state index in [9.17, 15) is 4.79 Å². The summed E-state index contributed by atoms with van der Waals surface area (Å²) in [6.45, 7) is 0.0563. The highest BCUT2D eigenvalue weighted by Gasteiger charge is 2.22. The molecule has 27 heavy (non-hydrogen) atoms. The fraction of sp³-hybridized carbons (Fsp3) is 0.435. The third-order valence-corrected chi connectivity index (χ3v) is 5.69. The van der Waals surface area contributed by atoms with Gasteiger partial charge in [-0.25, -0.2) is 0 Å². The van der Waals surface area contributed by atoms with E-state index in [0.717, 1.165) is 43.6 Å². The van der Waals surface area contributed by atoms with Gasteiger partial charge in [-0.2, -0.15) is 0 Å². The Morgan fingerprint density at radius 2 is 1.70 bits per heavy atom. The Morgan fingerprint density at radius 3 is 2.56 bits per heavy atom. The molecule has 0 fully saturated rings. The van der Waals surface area contributed by atoms with E-state index >= 15 is 0 Å². The summed E-state index contributed by atoms with van der Waals surface area (Å²) in [7, 11) is 1.68. The molecule has 0 saturated heterocycles. The molecule has 0 spiro atoms. The smallest absolute Gasteiger partial charge is 0.258 e. The lowest BCUT2D eigenvalue weighted by atomic mass is 9.87. The molecule has 2 aliphatic rings. The van der Waals surface area contributed by atoms with Gasteiger partial charge in [0.05, 0.1) is 13.2 Å². The number of ether oxygens (including phenoxy) is 2. The first-order chi connectivity index (χ1) is 13.2. The molecule has 2 aromatic carbocycles. The Kier molecular flexibility index (Phi) is 5.33. The summed E-state index contributed by atoms with van der Waals surface area (Å²) < 4.78 is 11.1. The third kappa shape index (κ3) is 4.10. The second-order valence-corrected chi connectivity index (χ2v) is 7.50. The molecule has 0 unspecified atom stereocenters. The van der Waals surface area contributed by atoms with Crippen LogP contribution in [0.25, 0.3) is 0 Å². The SMILES string of the molecule is COc1ccc2c(c1)CCC[C@H]2NC(=O)COc1ccc2c(c1)CCCC2. The Morgan fingerprint density at radius 1 is 0.963 bits per heavy atom. The summed E-state index contributed by atoms with van der Waals surface area (Å²) in [6, 6.07) is 12.4. The van der Waals surface area contributed by atoms with Crippen molar-refractivity contribution in [2.24, 2.45) is 0 Å². The number of amides is 1. The third-order valence-electron chi connectivity index (χ3n) is 5.69. The molecule has 142 valence electrons. The van der Waals surface area contributed by atoms with E-state index < -0.39 is 0 Å². The maximum Gasteiger partial charge on any atom is 0.258 e. The van der Waals surface area contributed by atoms with Crippen LogP contribution in [-0.4, -0.2) is 19.6 Å². The van der Waals surface area contributed by atoms with E-state index in [0.29, 0.717) is 0 Å². The second-order valence-electron chi connectivity index (χ2n) is 7.50. The second kappa shape index (κ2) is 8.03. The zero-order chi connectivity index (χ0) is 18.6. The van der Waals surface area contributed by atoms with Crippen LogP contribution in [0.1, 0.15) is 54.0 Å². The van der Waals surface area contributed by atoms with Crippen molar-refractivity contribution in [3.63, 3.8) is 0 Å². The van der Waals surface area contributed by atoms with Gasteiger partial charge in [0.2, 0.25) is 0 Å². The monoisotopic (exact) mass is 365 g/mol. The maximum absolute atomic E-state index is 12.4. The van der Waals surface area contributed by atoms with Crippen LogP contribution in [-0.2, 0) is 24.1 Å². The normalized spacial score (nSPS) is 18.2. The van der Waals surface area contributed by atoms with Gasteiger partial charge in [0.1, 0.15) is 11.5 Å². The maximum atomic E-state index is 12.4. The van der Waals surface area contributed by atoms with Crippen LogP contribution in [0.2, 0.25) is 0 Å². The molecule has 0 aromatic heterocycles. The van der Waals surface area contributed by atoms with Crippen molar-refractivity contribution in [3.05, 3.63) is 58.7 Å². The summed E-state index contributed by atoms with van der Waals surface area (Å²) in [5, 5.41) is 3.14. The van der Waals surface area contributed by atoms with Gasteiger partial charge in [-0.1, -0.05) is 12.1 Å². The summed E-state index contributed by atoms with van der Waals surface area (Å²) in [4.78, 5) is 12.4. The van der Waals surface area contributed by atoms with E-state index in [1.54, 1.807) is 7.11 Å². The van der Waals surface area contributed by atoms with Crippen molar-refractivity contribution in [3.8, 4) is 11.5 Å². The Balaban J connectivity index is 1.36. The number of aryl methyl sites for hydroxylation is 3. The van der Waals surface area contributed by atoms with Crippen LogP contribution in [0.15, 0.2) is 36.4 Å². The van der Waals surface area contributed by atoms with Crippen LogP contribution < -0.4 is 14.8 Å². The average molecular weight is 365 g/mol. The molecule has 4 nitrogen and oxygen atoms in total. The molecular weight excluding hydrogens is 338 g/mol. The molecule has 2 aromatic rings. The van der Waals surface area contributed by atoms with E-state index in [1.165, 1.54) is 35.1 Å². The highest BCUT2D eigenvalue weighted by atomic mass is 16.5. The minimum Gasteiger partial charge on any atom is -0.497 e. The number of carbonyl (C=O) groups is 1. The highest BCUT2D eigenvalue weighted by molar-refractivity contribution is 5.78. The van der Waals surface area contributed by atoms with E-state index in [-0.39, 0.29) is 18.6 Å². The molecule has 2 aliphatic carbocycles. The van der Waals surface area contributed by atoms with E-state index in [1.807, 2.05) is 12.1 Å². The van der Waals surface area contributed by atoms with E-state index in [4.69, 9.17) is 9.47 Å². The topological polar surface area (TPSA) is 47.6 Å². The van der Waals surface area contributed by atoms with Gasteiger partial charge in [0.25, 0.3) is 5.91 Å². The summed E-state index contributed by atoms with van der Waals surface area (Å²) in [5.41, 5.74) is 5.26. The molecule has 4 rings (SSSR count). The minimum atomic E-state index is -0.0682.